The van der Waals surface area contributed by atoms with Gasteiger partial charge >= 0.3 is 5.97 Å². The molecule has 0 amide bonds. The molecule has 0 N–H and O–H groups in total. The lowest BCUT2D eigenvalue weighted by atomic mass is 10.1. The second kappa shape index (κ2) is 7.53. The molecule has 0 aliphatic heterocycles. The van der Waals surface area contributed by atoms with Crippen LogP contribution in [0.3, 0.4) is 0 Å². The minimum Gasteiger partial charge on any atom is -0.451 e. The average Bonchev–Trinajstić information content (AvgIpc) is 2.96. The van der Waals surface area contributed by atoms with Gasteiger partial charge in [0, 0.05) is 5.56 Å². The maximum absolute atomic E-state index is 13.0. The fraction of sp³-hybridized carbons (Fsp3) is 0.190. The number of nitrogens with zero attached hydrogens (tertiary/aromatic N) is 2. The number of esters is 1. The number of halogens is 1. The topological polar surface area (TPSA) is 61.2 Å². The highest BCUT2D eigenvalue weighted by Crippen LogP contribution is 2.20. The van der Waals surface area contributed by atoms with E-state index in [9.17, 15) is 14.0 Å². The molecule has 0 bridgehead atoms. The number of rotatable bonds is 5. The van der Waals surface area contributed by atoms with Crippen molar-refractivity contribution in [2.24, 2.45) is 0 Å². The van der Waals surface area contributed by atoms with Gasteiger partial charge in [0.1, 0.15) is 11.4 Å². The SMILES string of the molecule is Cc1nn(-c2ccccc2)c(C)c1C(=O)O[C@@H](C)C(=O)c1ccc(F)cc1. The minimum absolute atomic E-state index is 0.283. The van der Waals surface area contributed by atoms with Crippen molar-refractivity contribution in [3.63, 3.8) is 0 Å². The molecule has 1 atom stereocenters. The van der Waals surface area contributed by atoms with E-state index < -0.39 is 23.7 Å². The Hall–Kier alpha value is -3.28. The maximum Gasteiger partial charge on any atom is 0.342 e. The Kier molecular flexibility index (Phi) is 5.16. The molecule has 0 saturated heterocycles. The van der Waals surface area contributed by atoms with Gasteiger partial charge < -0.3 is 4.74 Å². The smallest absolute Gasteiger partial charge is 0.342 e. The highest BCUT2D eigenvalue weighted by molar-refractivity contribution is 6.01. The number of hydrogen-bond acceptors (Lipinski definition) is 4. The number of para-hydroxylation sites is 1. The molecule has 2 aromatic carbocycles. The normalized spacial score (nSPS) is 11.9. The molecule has 6 heteroatoms. The third kappa shape index (κ3) is 3.79. The van der Waals surface area contributed by atoms with Crippen LogP contribution in [0, 0.1) is 19.7 Å². The maximum atomic E-state index is 13.0. The van der Waals surface area contributed by atoms with Crippen molar-refractivity contribution in [3.05, 3.63) is 82.9 Å². The Balaban J connectivity index is 1.81. The fourth-order valence-corrected chi connectivity index (χ4v) is 2.88. The molecule has 0 aliphatic rings. The largest absolute Gasteiger partial charge is 0.451 e. The van der Waals surface area contributed by atoms with Crippen LogP contribution in [-0.4, -0.2) is 27.6 Å². The van der Waals surface area contributed by atoms with Gasteiger partial charge in [0.25, 0.3) is 0 Å². The lowest BCUT2D eigenvalue weighted by Gasteiger charge is -2.12. The molecule has 0 aliphatic carbocycles. The molecular formula is C21H19FN2O3. The molecule has 27 heavy (non-hydrogen) atoms. The average molecular weight is 366 g/mol. The van der Waals surface area contributed by atoms with Crippen LogP contribution in [-0.2, 0) is 4.74 Å². The summed E-state index contributed by atoms with van der Waals surface area (Å²) in [4.78, 5) is 25.0. The van der Waals surface area contributed by atoms with Gasteiger partial charge in [0.2, 0.25) is 5.78 Å². The summed E-state index contributed by atoms with van der Waals surface area (Å²) < 4.78 is 20.0. The van der Waals surface area contributed by atoms with Gasteiger partial charge in [-0.15, -0.1) is 0 Å². The molecule has 0 spiro atoms. The van der Waals surface area contributed by atoms with E-state index in [-0.39, 0.29) is 5.56 Å². The second-order valence-corrected chi connectivity index (χ2v) is 6.21. The summed E-state index contributed by atoms with van der Waals surface area (Å²) in [7, 11) is 0. The van der Waals surface area contributed by atoms with Crippen LogP contribution in [0.4, 0.5) is 4.39 Å². The summed E-state index contributed by atoms with van der Waals surface area (Å²) in [6.45, 7) is 4.99. The molecule has 0 fully saturated rings. The first-order chi connectivity index (χ1) is 12.9. The molecule has 3 rings (SSSR count). The van der Waals surface area contributed by atoms with Crippen molar-refractivity contribution in [2.75, 3.05) is 0 Å². The number of carbonyl (C=O) groups excluding carboxylic acids is 2. The number of benzene rings is 2. The third-order valence-corrected chi connectivity index (χ3v) is 4.28. The van der Waals surface area contributed by atoms with Gasteiger partial charge in [0.05, 0.1) is 17.1 Å². The van der Waals surface area contributed by atoms with Crippen LogP contribution in [0.15, 0.2) is 54.6 Å². The Morgan fingerprint density at radius 1 is 1.04 bits per heavy atom. The first-order valence-electron chi connectivity index (χ1n) is 8.51. The molecule has 1 aromatic heterocycles. The lowest BCUT2D eigenvalue weighted by molar-refractivity contribution is 0.0317. The monoisotopic (exact) mass is 366 g/mol. The molecule has 0 radical (unpaired) electrons. The van der Waals surface area contributed by atoms with Crippen molar-refractivity contribution in [2.45, 2.75) is 26.9 Å². The lowest BCUT2D eigenvalue weighted by Crippen LogP contribution is -2.25. The summed E-state index contributed by atoms with van der Waals surface area (Å²) in [6, 6.07) is 14.6. The Morgan fingerprint density at radius 3 is 2.30 bits per heavy atom. The van der Waals surface area contributed by atoms with Gasteiger partial charge in [-0.1, -0.05) is 18.2 Å². The van der Waals surface area contributed by atoms with Crippen LogP contribution in [0.25, 0.3) is 5.69 Å². The molecule has 0 saturated carbocycles. The first kappa shape index (κ1) is 18.5. The van der Waals surface area contributed by atoms with Crippen LogP contribution in [0.5, 0.6) is 0 Å². The van der Waals surface area contributed by atoms with E-state index in [1.165, 1.54) is 31.2 Å². The highest BCUT2D eigenvalue weighted by Gasteiger charge is 2.25. The highest BCUT2D eigenvalue weighted by atomic mass is 19.1. The summed E-state index contributed by atoms with van der Waals surface area (Å²) in [5.41, 5.74) is 2.59. The van der Waals surface area contributed by atoms with Crippen LogP contribution in [0.2, 0.25) is 0 Å². The summed E-state index contributed by atoms with van der Waals surface area (Å²) in [5.74, 6) is -1.44. The van der Waals surface area contributed by atoms with E-state index in [2.05, 4.69) is 5.10 Å². The van der Waals surface area contributed by atoms with Crippen molar-refractivity contribution >= 4 is 11.8 Å². The predicted octanol–water partition coefficient (Wildman–Crippen LogP) is 4.06. The number of ether oxygens (including phenoxy) is 1. The second-order valence-electron chi connectivity index (χ2n) is 6.21. The van der Waals surface area contributed by atoms with Gasteiger partial charge in [-0.05, 0) is 57.2 Å². The fourth-order valence-electron chi connectivity index (χ4n) is 2.88. The van der Waals surface area contributed by atoms with Crippen LogP contribution < -0.4 is 0 Å². The number of aromatic nitrogens is 2. The summed E-state index contributed by atoms with van der Waals surface area (Å²) >= 11 is 0. The molecule has 0 unspecified atom stereocenters. The van der Waals surface area contributed by atoms with Gasteiger partial charge in [-0.2, -0.15) is 5.10 Å². The van der Waals surface area contributed by atoms with Gasteiger partial charge in [0.15, 0.2) is 6.10 Å². The number of ketones is 1. The Labute approximate surface area is 156 Å². The quantitative estimate of drug-likeness (QED) is 0.505. The Morgan fingerprint density at radius 2 is 1.67 bits per heavy atom. The molecule has 1 heterocycles. The van der Waals surface area contributed by atoms with Gasteiger partial charge in [-0.25, -0.2) is 13.9 Å². The minimum atomic E-state index is -0.998. The number of Topliss-reactive ketones (excluding diaryl/α,β-unsaturated/α-hetero) is 1. The zero-order valence-electron chi connectivity index (χ0n) is 15.3. The third-order valence-electron chi connectivity index (χ3n) is 4.28. The zero-order chi connectivity index (χ0) is 19.6. The first-order valence-corrected chi connectivity index (χ1v) is 8.51. The molecule has 138 valence electrons. The van der Waals surface area contributed by atoms with E-state index >= 15 is 0 Å². The summed E-state index contributed by atoms with van der Waals surface area (Å²) in [6.07, 6.45) is -0.998. The molecule has 3 aromatic rings. The molecular weight excluding hydrogens is 347 g/mol. The molecule has 5 nitrogen and oxygen atoms in total. The van der Waals surface area contributed by atoms with Crippen molar-refractivity contribution in [1.82, 2.24) is 9.78 Å². The predicted molar refractivity (Wildman–Crippen MR) is 98.6 cm³/mol. The van der Waals surface area contributed by atoms with E-state index in [4.69, 9.17) is 4.74 Å². The van der Waals surface area contributed by atoms with Crippen molar-refractivity contribution < 1.29 is 18.7 Å². The number of aryl methyl sites for hydroxylation is 1. The van der Waals surface area contributed by atoms with Crippen molar-refractivity contribution in [1.29, 1.82) is 0 Å². The van der Waals surface area contributed by atoms with Crippen LogP contribution in [0.1, 0.15) is 39.0 Å². The van der Waals surface area contributed by atoms with Crippen LogP contribution >= 0.6 is 0 Å². The Bertz CT molecular complexity index is 979. The summed E-state index contributed by atoms with van der Waals surface area (Å²) in [5, 5.41) is 4.41. The van der Waals surface area contributed by atoms with Gasteiger partial charge in [-0.3, -0.25) is 4.79 Å². The number of hydrogen-bond donors (Lipinski definition) is 0. The number of carbonyl (C=O) groups is 2. The van der Waals surface area contributed by atoms with E-state index in [0.717, 1.165) is 5.69 Å². The standard InChI is InChI=1S/C21H19FN2O3/c1-13-19(14(2)24(23-13)18-7-5-4-6-8-18)21(26)27-15(3)20(25)16-9-11-17(22)12-10-16/h4-12,15H,1-3H3/t15-/m0/s1. The van der Waals surface area contributed by atoms with E-state index in [0.29, 0.717) is 17.0 Å². The van der Waals surface area contributed by atoms with E-state index in [1.54, 1.807) is 18.5 Å². The van der Waals surface area contributed by atoms with E-state index in [1.807, 2.05) is 30.3 Å². The zero-order valence-corrected chi connectivity index (χ0v) is 15.3. The van der Waals surface area contributed by atoms with Crippen molar-refractivity contribution in [3.8, 4) is 5.69 Å².